The van der Waals surface area contributed by atoms with Gasteiger partial charge in [0.15, 0.2) is 0 Å². The number of nitrogens with two attached hydrogens (primary N) is 1. The monoisotopic (exact) mass is 416 g/mol. The third kappa shape index (κ3) is 6.21. The first kappa shape index (κ1) is 21.1. The molecule has 0 unspecified atom stereocenters. The van der Waals surface area contributed by atoms with Gasteiger partial charge in [0.05, 0.1) is 10.7 Å². The number of halogens is 3. The van der Waals surface area contributed by atoms with Crippen LogP contribution in [0.2, 0.25) is 5.02 Å². The number of hydrogen-bond acceptors (Lipinski definition) is 4. The zero-order valence-corrected chi connectivity index (χ0v) is 16.7. The molecule has 1 aromatic carbocycles. The topological polar surface area (TPSA) is 63.8 Å². The first-order chi connectivity index (χ1) is 14.0. The normalized spacial score (nSPS) is 10.9. The Labute approximate surface area is 174 Å². The third-order valence-corrected chi connectivity index (χ3v) is 4.77. The van der Waals surface area contributed by atoms with Crippen LogP contribution in [0.1, 0.15) is 30.5 Å². The van der Waals surface area contributed by atoms with E-state index in [1.165, 1.54) is 12.1 Å². The highest BCUT2D eigenvalue weighted by Gasteiger charge is 2.09. The zero-order chi connectivity index (χ0) is 20.6. The molecule has 29 heavy (non-hydrogen) atoms. The third-order valence-electron chi connectivity index (χ3n) is 4.47. The molecule has 0 spiro atoms. The summed E-state index contributed by atoms with van der Waals surface area (Å²) in [6.07, 6.45) is 5.59. The van der Waals surface area contributed by atoms with E-state index >= 15 is 0 Å². The molecule has 3 N–H and O–H groups in total. The van der Waals surface area contributed by atoms with Crippen LogP contribution >= 0.6 is 11.6 Å². The summed E-state index contributed by atoms with van der Waals surface area (Å²) in [5.74, 6) is -0.623. The van der Waals surface area contributed by atoms with E-state index in [-0.39, 0.29) is 6.54 Å². The molecule has 152 valence electrons. The minimum Gasteiger partial charge on any atom is -0.366 e. The second kappa shape index (κ2) is 10.3. The molecule has 0 aliphatic heterocycles. The van der Waals surface area contributed by atoms with E-state index in [1.54, 1.807) is 12.3 Å². The maximum atomic E-state index is 13.3. The predicted molar refractivity (Wildman–Crippen MR) is 113 cm³/mol. The average Bonchev–Trinajstić information content (AvgIpc) is 2.70. The smallest absolute Gasteiger partial charge is 0.126 e. The van der Waals surface area contributed by atoms with Crippen molar-refractivity contribution in [2.45, 2.75) is 32.2 Å². The lowest BCUT2D eigenvalue weighted by Crippen LogP contribution is -2.03. The highest BCUT2D eigenvalue weighted by molar-refractivity contribution is 6.33. The molecule has 4 nitrogen and oxygen atoms in total. The molecule has 3 aromatic rings. The molecule has 0 aliphatic carbocycles. The fraction of sp³-hybridized carbons (Fsp3) is 0.273. The molecule has 0 atom stereocenters. The van der Waals surface area contributed by atoms with Crippen LogP contribution in [0.3, 0.4) is 0 Å². The highest BCUT2D eigenvalue weighted by atomic mass is 35.5. The van der Waals surface area contributed by atoms with Gasteiger partial charge in [-0.25, -0.2) is 13.8 Å². The number of aromatic nitrogens is 2. The van der Waals surface area contributed by atoms with Crippen molar-refractivity contribution >= 4 is 17.4 Å². The number of aryl methyl sites for hydroxylation is 1. The molecule has 0 aliphatic rings. The van der Waals surface area contributed by atoms with Gasteiger partial charge in [-0.05, 0) is 61.7 Å². The number of pyridine rings is 2. The molecule has 0 saturated heterocycles. The fourth-order valence-electron chi connectivity index (χ4n) is 3.03. The lowest BCUT2D eigenvalue weighted by molar-refractivity contribution is 0.580. The minimum absolute atomic E-state index is 0.252. The molecule has 0 fully saturated rings. The molecule has 2 heterocycles. The summed E-state index contributed by atoms with van der Waals surface area (Å²) in [7, 11) is 0. The van der Waals surface area contributed by atoms with Crippen LogP contribution in [-0.4, -0.2) is 16.5 Å². The number of rotatable bonds is 9. The predicted octanol–water partition coefficient (Wildman–Crippen LogP) is 5.36. The number of anilines is 1. The van der Waals surface area contributed by atoms with Crippen LogP contribution in [0.25, 0.3) is 11.3 Å². The van der Waals surface area contributed by atoms with Gasteiger partial charge in [0, 0.05) is 30.1 Å². The van der Waals surface area contributed by atoms with Gasteiger partial charge in [0.2, 0.25) is 0 Å². The first-order valence-electron chi connectivity index (χ1n) is 9.56. The van der Waals surface area contributed by atoms with E-state index < -0.39 is 11.6 Å². The molecule has 0 radical (unpaired) electrons. The second-order valence-electron chi connectivity index (χ2n) is 6.79. The van der Waals surface area contributed by atoms with Crippen molar-refractivity contribution in [3.05, 3.63) is 76.6 Å². The van der Waals surface area contributed by atoms with Crippen LogP contribution in [0, 0.1) is 11.6 Å². The van der Waals surface area contributed by atoms with Crippen LogP contribution in [-0.2, 0) is 13.0 Å². The summed E-state index contributed by atoms with van der Waals surface area (Å²) in [5, 5.41) is 3.61. The van der Waals surface area contributed by atoms with Crippen LogP contribution in [0.4, 0.5) is 14.6 Å². The van der Waals surface area contributed by atoms with Gasteiger partial charge < -0.3 is 11.1 Å². The van der Waals surface area contributed by atoms with Gasteiger partial charge in [-0.2, -0.15) is 0 Å². The Hall–Kier alpha value is -2.57. The first-order valence-corrected chi connectivity index (χ1v) is 9.93. The summed E-state index contributed by atoms with van der Waals surface area (Å²) < 4.78 is 26.7. The van der Waals surface area contributed by atoms with Gasteiger partial charge in [0.1, 0.15) is 17.5 Å². The summed E-state index contributed by atoms with van der Waals surface area (Å²) in [6.45, 7) is 0.951. The Morgan fingerprint density at radius 1 is 1.00 bits per heavy atom. The van der Waals surface area contributed by atoms with Crippen molar-refractivity contribution in [2.75, 3.05) is 11.9 Å². The second-order valence-corrected chi connectivity index (χ2v) is 7.20. The summed E-state index contributed by atoms with van der Waals surface area (Å²) >= 11 is 6.35. The van der Waals surface area contributed by atoms with Crippen molar-refractivity contribution in [2.24, 2.45) is 5.73 Å². The highest BCUT2D eigenvalue weighted by Crippen LogP contribution is 2.28. The molecular weight excluding hydrogens is 394 g/mol. The molecular formula is C22H23ClF2N4. The van der Waals surface area contributed by atoms with E-state index in [0.717, 1.165) is 43.0 Å². The number of nitrogens with zero attached hydrogens (tertiary/aromatic N) is 2. The Morgan fingerprint density at radius 2 is 1.79 bits per heavy atom. The van der Waals surface area contributed by atoms with Gasteiger partial charge in [-0.1, -0.05) is 24.1 Å². The van der Waals surface area contributed by atoms with E-state index in [4.69, 9.17) is 17.3 Å². The maximum absolute atomic E-state index is 13.3. The quantitative estimate of drug-likeness (QED) is 0.461. The van der Waals surface area contributed by atoms with Gasteiger partial charge in [-0.3, -0.25) is 4.98 Å². The zero-order valence-electron chi connectivity index (χ0n) is 16.0. The fourth-order valence-corrected chi connectivity index (χ4v) is 3.23. The Balaban J connectivity index is 1.73. The standard InChI is InChI=1S/C22H23ClF2N4/c23-20-14-27-18(5-2-1-3-8-26)12-19(20)21-6-4-7-22(29-21)28-13-15-9-16(24)11-17(25)10-15/h4,6-7,9-12,14H,1-3,5,8,13,26H2,(H,28,29). The van der Waals surface area contributed by atoms with Crippen molar-refractivity contribution < 1.29 is 8.78 Å². The Kier molecular flexibility index (Phi) is 7.49. The van der Waals surface area contributed by atoms with Crippen LogP contribution in [0.15, 0.2) is 48.7 Å². The van der Waals surface area contributed by atoms with E-state index in [9.17, 15) is 8.78 Å². The number of nitrogens with one attached hydrogen (secondary N) is 1. The van der Waals surface area contributed by atoms with Crippen molar-refractivity contribution in [1.29, 1.82) is 0 Å². The number of unbranched alkanes of at least 4 members (excludes halogenated alkanes) is 2. The molecule has 0 amide bonds. The number of benzene rings is 1. The molecule has 0 bridgehead atoms. The summed E-state index contributed by atoms with van der Waals surface area (Å²) in [4.78, 5) is 8.99. The number of hydrogen-bond donors (Lipinski definition) is 2. The Morgan fingerprint density at radius 3 is 2.55 bits per heavy atom. The van der Waals surface area contributed by atoms with Crippen molar-refractivity contribution in [3.63, 3.8) is 0 Å². The largest absolute Gasteiger partial charge is 0.366 e. The van der Waals surface area contributed by atoms with E-state index in [0.29, 0.717) is 28.6 Å². The lowest BCUT2D eigenvalue weighted by Gasteiger charge is -2.10. The van der Waals surface area contributed by atoms with Crippen LogP contribution < -0.4 is 11.1 Å². The Bertz CT molecular complexity index is 945. The van der Waals surface area contributed by atoms with Gasteiger partial charge in [0.25, 0.3) is 0 Å². The van der Waals surface area contributed by atoms with E-state index in [2.05, 4.69) is 15.3 Å². The molecule has 3 rings (SSSR count). The van der Waals surface area contributed by atoms with Crippen molar-refractivity contribution in [1.82, 2.24) is 9.97 Å². The average molecular weight is 417 g/mol. The molecule has 7 heteroatoms. The SMILES string of the molecule is NCCCCCc1cc(-c2cccc(NCc3cc(F)cc(F)c3)n2)c(Cl)cn1. The van der Waals surface area contributed by atoms with Crippen LogP contribution in [0.5, 0.6) is 0 Å². The molecule has 2 aromatic heterocycles. The molecule has 0 saturated carbocycles. The summed E-state index contributed by atoms with van der Waals surface area (Å²) in [6, 6.07) is 10.9. The maximum Gasteiger partial charge on any atom is 0.126 e. The van der Waals surface area contributed by atoms with Gasteiger partial charge >= 0.3 is 0 Å². The van der Waals surface area contributed by atoms with E-state index in [1.807, 2.05) is 18.2 Å². The van der Waals surface area contributed by atoms with Gasteiger partial charge in [-0.15, -0.1) is 0 Å². The summed E-state index contributed by atoms with van der Waals surface area (Å²) in [5.41, 5.74) is 8.49. The lowest BCUT2D eigenvalue weighted by atomic mass is 10.1. The van der Waals surface area contributed by atoms with Crippen molar-refractivity contribution in [3.8, 4) is 11.3 Å². The minimum atomic E-state index is -0.605.